The topological polar surface area (TPSA) is 12.0 Å². The molecule has 1 nitrogen and oxygen atoms in total. The minimum absolute atomic E-state index is 0.317. The van der Waals surface area contributed by atoms with Crippen molar-refractivity contribution >= 4 is 32.4 Å². The van der Waals surface area contributed by atoms with Gasteiger partial charge in [-0.2, -0.15) is 0 Å². The van der Waals surface area contributed by atoms with Gasteiger partial charge in [-0.1, -0.05) is 28.1 Å². The Morgan fingerprint density at radius 1 is 1.06 bits per heavy atom. The van der Waals surface area contributed by atoms with E-state index >= 15 is 0 Å². The second-order valence-electron chi connectivity index (χ2n) is 3.48. The van der Waals surface area contributed by atoms with E-state index in [1.54, 1.807) is 6.07 Å². The molecule has 0 saturated heterocycles. The average molecular weight is 286 g/mol. The van der Waals surface area contributed by atoms with Crippen LogP contribution in [0.3, 0.4) is 0 Å². The van der Waals surface area contributed by atoms with Gasteiger partial charge in [-0.05, 0) is 35.0 Å². The molecule has 4 heteroatoms. The van der Waals surface area contributed by atoms with Crippen LogP contribution in [-0.2, 0) is 0 Å². The molecule has 0 aliphatic heterocycles. The third-order valence-electron chi connectivity index (χ3n) is 2.26. The van der Waals surface area contributed by atoms with Crippen molar-refractivity contribution < 1.29 is 8.78 Å². The molecule has 0 aromatic heterocycles. The zero-order valence-electron chi connectivity index (χ0n) is 8.38. The van der Waals surface area contributed by atoms with Gasteiger partial charge in [0.25, 0.3) is 6.43 Å². The summed E-state index contributed by atoms with van der Waals surface area (Å²) in [6.45, 7) is -0.317. The lowest BCUT2D eigenvalue weighted by molar-refractivity contribution is 0.163. The maximum Gasteiger partial charge on any atom is 0.255 e. The summed E-state index contributed by atoms with van der Waals surface area (Å²) in [5.41, 5.74) is 0.718. The second-order valence-corrected chi connectivity index (χ2v) is 4.39. The van der Waals surface area contributed by atoms with E-state index < -0.39 is 6.43 Å². The first-order valence-corrected chi connectivity index (χ1v) is 5.66. The summed E-state index contributed by atoms with van der Waals surface area (Å²) in [7, 11) is 0. The zero-order chi connectivity index (χ0) is 11.5. The normalized spacial score (nSPS) is 11.0. The highest BCUT2D eigenvalue weighted by Gasteiger charge is 2.02. The summed E-state index contributed by atoms with van der Waals surface area (Å²) in [6, 6.07) is 11.5. The van der Waals surface area contributed by atoms with Gasteiger partial charge in [0.2, 0.25) is 0 Å². The van der Waals surface area contributed by atoms with Crippen LogP contribution in [-0.4, -0.2) is 13.0 Å². The van der Waals surface area contributed by atoms with Crippen LogP contribution < -0.4 is 5.32 Å². The number of fused-ring (bicyclic) bond motifs is 1. The van der Waals surface area contributed by atoms with Gasteiger partial charge >= 0.3 is 0 Å². The predicted octanol–water partition coefficient (Wildman–Crippen LogP) is 4.28. The van der Waals surface area contributed by atoms with Crippen molar-refractivity contribution in [3.8, 4) is 0 Å². The molecular weight excluding hydrogens is 276 g/mol. The minimum Gasteiger partial charge on any atom is -0.379 e. The van der Waals surface area contributed by atoms with Gasteiger partial charge in [-0.25, -0.2) is 8.78 Å². The van der Waals surface area contributed by atoms with E-state index in [0.717, 1.165) is 20.9 Å². The second kappa shape index (κ2) is 4.78. The first kappa shape index (κ1) is 11.3. The van der Waals surface area contributed by atoms with Gasteiger partial charge in [0.1, 0.15) is 0 Å². The van der Waals surface area contributed by atoms with E-state index in [-0.39, 0.29) is 6.54 Å². The Kier molecular flexibility index (Phi) is 3.39. The Morgan fingerprint density at radius 2 is 1.75 bits per heavy atom. The summed E-state index contributed by atoms with van der Waals surface area (Å²) >= 11 is 3.39. The number of anilines is 1. The number of alkyl halides is 2. The molecule has 1 N–H and O–H groups in total. The van der Waals surface area contributed by atoms with Crippen molar-refractivity contribution in [2.45, 2.75) is 6.43 Å². The van der Waals surface area contributed by atoms with Crippen LogP contribution in [0, 0.1) is 0 Å². The van der Waals surface area contributed by atoms with Crippen LogP contribution in [0.15, 0.2) is 40.9 Å². The van der Waals surface area contributed by atoms with Gasteiger partial charge in [0, 0.05) is 10.2 Å². The summed E-state index contributed by atoms with van der Waals surface area (Å²) in [5, 5.41) is 4.80. The number of hydrogen-bond donors (Lipinski definition) is 1. The standard InChI is InChI=1S/C12H10BrF2N/c13-10-3-1-9-6-11(16-7-12(14)15)4-2-8(9)5-10/h1-6,12,16H,7H2. The van der Waals surface area contributed by atoms with Crippen molar-refractivity contribution in [1.82, 2.24) is 0 Å². The molecule has 0 amide bonds. The fourth-order valence-corrected chi connectivity index (χ4v) is 1.90. The molecule has 16 heavy (non-hydrogen) atoms. The number of halogens is 3. The quantitative estimate of drug-likeness (QED) is 0.888. The van der Waals surface area contributed by atoms with Crippen LogP contribution in [0.2, 0.25) is 0 Å². The Balaban J connectivity index is 2.26. The molecule has 2 aromatic rings. The van der Waals surface area contributed by atoms with Crippen LogP contribution in [0.4, 0.5) is 14.5 Å². The fraction of sp³-hybridized carbons (Fsp3) is 0.167. The summed E-state index contributed by atoms with van der Waals surface area (Å²) in [5.74, 6) is 0. The molecule has 0 radical (unpaired) electrons. The monoisotopic (exact) mass is 285 g/mol. The minimum atomic E-state index is -2.33. The maximum atomic E-state index is 12.0. The van der Waals surface area contributed by atoms with Gasteiger partial charge in [0.05, 0.1) is 6.54 Å². The number of hydrogen-bond acceptors (Lipinski definition) is 1. The molecule has 0 aliphatic carbocycles. The lowest BCUT2D eigenvalue weighted by atomic mass is 10.1. The van der Waals surface area contributed by atoms with Crippen molar-refractivity contribution in [3.63, 3.8) is 0 Å². The van der Waals surface area contributed by atoms with Crippen LogP contribution in [0.1, 0.15) is 0 Å². The largest absolute Gasteiger partial charge is 0.379 e. The molecule has 0 saturated carbocycles. The summed E-state index contributed by atoms with van der Waals surface area (Å²) < 4.78 is 25.0. The first-order valence-electron chi connectivity index (χ1n) is 4.86. The molecule has 84 valence electrons. The third kappa shape index (κ3) is 2.70. The molecule has 0 fully saturated rings. The van der Waals surface area contributed by atoms with Crippen LogP contribution >= 0.6 is 15.9 Å². The van der Waals surface area contributed by atoms with E-state index in [9.17, 15) is 8.78 Å². The van der Waals surface area contributed by atoms with Crippen molar-refractivity contribution in [1.29, 1.82) is 0 Å². The van der Waals surface area contributed by atoms with Crippen molar-refractivity contribution in [2.24, 2.45) is 0 Å². The van der Waals surface area contributed by atoms with Crippen molar-refractivity contribution in [3.05, 3.63) is 40.9 Å². The van der Waals surface area contributed by atoms with Gasteiger partial charge in [-0.3, -0.25) is 0 Å². The summed E-state index contributed by atoms with van der Waals surface area (Å²) in [6.07, 6.45) is -2.33. The molecule has 2 aromatic carbocycles. The molecule has 0 bridgehead atoms. The number of rotatable bonds is 3. The van der Waals surface area contributed by atoms with Gasteiger partial charge in [-0.15, -0.1) is 0 Å². The van der Waals surface area contributed by atoms with E-state index in [1.807, 2.05) is 30.3 Å². The van der Waals surface area contributed by atoms with Crippen molar-refractivity contribution in [2.75, 3.05) is 11.9 Å². The van der Waals surface area contributed by atoms with E-state index in [1.165, 1.54) is 0 Å². The molecule has 0 spiro atoms. The van der Waals surface area contributed by atoms with E-state index in [0.29, 0.717) is 0 Å². The molecule has 2 rings (SSSR count). The Bertz CT molecular complexity index is 499. The summed E-state index contributed by atoms with van der Waals surface area (Å²) in [4.78, 5) is 0. The highest BCUT2D eigenvalue weighted by Crippen LogP contribution is 2.22. The maximum absolute atomic E-state index is 12.0. The highest BCUT2D eigenvalue weighted by molar-refractivity contribution is 9.10. The Hall–Kier alpha value is -1.16. The Morgan fingerprint density at radius 3 is 2.50 bits per heavy atom. The SMILES string of the molecule is FC(F)CNc1ccc2cc(Br)ccc2c1. The number of nitrogens with one attached hydrogen (secondary N) is 1. The molecule has 0 heterocycles. The zero-order valence-corrected chi connectivity index (χ0v) is 9.97. The predicted molar refractivity (Wildman–Crippen MR) is 66.1 cm³/mol. The highest BCUT2D eigenvalue weighted by atomic mass is 79.9. The fourth-order valence-electron chi connectivity index (χ4n) is 1.52. The average Bonchev–Trinajstić information content (AvgIpc) is 2.26. The van der Waals surface area contributed by atoms with E-state index in [4.69, 9.17) is 0 Å². The van der Waals surface area contributed by atoms with Gasteiger partial charge in [0.15, 0.2) is 0 Å². The van der Waals surface area contributed by atoms with E-state index in [2.05, 4.69) is 21.2 Å². The molecule has 0 unspecified atom stereocenters. The number of benzene rings is 2. The molecule has 0 aliphatic rings. The third-order valence-corrected chi connectivity index (χ3v) is 2.76. The lowest BCUT2D eigenvalue weighted by Gasteiger charge is -2.07. The molecule has 0 atom stereocenters. The smallest absolute Gasteiger partial charge is 0.255 e. The first-order chi connectivity index (χ1) is 7.65. The Labute approximate surface area is 101 Å². The van der Waals surface area contributed by atoms with Gasteiger partial charge < -0.3 is 5.32 Å². The molecular formula is C12H10BrF2N. The van der Waals surface area contributed by atoms with Crippen LogP contribution in [0.25, 0.3) is 10.8 Å². The van der Waals surface area contributed by atoms with Crippen LogP contribution in [0.5, 0.6) is 0 Å². The lowest BCUT2D eigenvalue weighted by Crippen LogP contribution is -2.09.